The van der Waals surface area contributed by atoms with Crippen LogP contribution in [-0.4, -0.2) is 226 Å². The van der Waals surface area contributed by atoms with Crippen molar-refractivity contribution in [2.45, 2.75) is 162 Å². The molecule has 0 amide bonds. The third-order valence-electron chi connectivity index (χ3n) is 14.6. The molecule has 7 aromatic heterocycles. The van der Waals surface area contributed by atoms with E-state index in [-0.39, 0.29) is 100 Å². The molecule has 0 aliphatic carbocycles. The Kier molecular flexibility index (Phi) is 84.0. The fourth-order valence-electron chi connectivity index (χ4n) is 9.17. The number of rotatable bonds is 40. The Morgan fingerprint density at radius 1 is 0.548 bits per heavy atom. The Bertz CT molecular complexity index is 4020. The maximum absolute atomic E-state index is 12.0. The van der Waals surface area contributed by atoms with Crippen molar-refractivity contribution in [1.82, 2.24) is 23.8 Å². The minimum atomic E-state index is -1.24. The van der Waals surface area contributed by atoms with Gasteiger partial charge in [0.2, 0.25) is 0 Å². The number of carboxylic acid groups (broad SMARTS) is 1. The zero-order chi connectivity index (χ0) is 93.0. The van der Waals surface area contributed by atoms with Crippen molar-refractivity contribution in [3.63, 3.8) is 0 Å². The number of ether oxygens (including phenoxy) is 12. The molecule has 29 nitrogen and oxygen atoms in total. The van der Waals surface area contributed by atoms with E-state index in [4.69, 9.17) is 122 Å². The number of carbonyl (C=O) groups excluding carboxylic acids is 9. The molecule has 0 saturated carbocycles. The van der Waals surface area contributed by atoms with Crippen LogP contribution in [0.1, 0.15) is 178 Å². The third-order valence-corrected chi connectivity index (χ3v) is 17.9. The van der Waals surface area contributed by atoms with E-state index in [9.17, 15) is 53.1 Å². The van der Waals surface area contributed by atoms with Gasteiger partial charge in [0.1, 0.15) is 24.0 Å². The van der Waals surface area contributed by atoms with Gasteiger partial charge in [0.05, 0.1) is 128 Å². The number of cyclic esters (lactones) is 1. The second-order valence-corrected chi connectivity index (χ2v) is 28.5. The van der Waals surface area contributed by atoms with Crippen molar-refractivity contribution < 1.29 is 141 Å². The third kappa shape index (κ3) is 59.9. The second kappa shape index (κ2) is 83.8. The van der Waals surface area contributed by atoms with E-state index in [1.165, 1.54) is 6.20 Å². The average Bonchev–Trinajstić information content (AvgIpc) is 1.64. The minimum Gasteiger partial charge on any atom is -1.00 e. The summed E-state index contributed by atoms with van der Waals surface area (Å²) in [6, 6.07) is 20.6. The quantitative estimate of drug-likeness (QED) is 0.00414. The number of fused-ring (bicyclic) bond motifs is 2. The molecular weight excluding hydrogens is 1900 g/mol. The van der Waals surface area contributed by atoms with Crippen LogP contribution >= 0.6 is 114 Å². The number of thiol groups is 1. The molecular formula is C84H117BBr2Cl6N6NaO23S. The van der Waals surface area contributed by atoms with E-state index in [0.717, 1.165) is 95.2 Å². The molecule has 0 bridgehead atoms. The van der Waals surface area contributed by atoms with Crippen LogP contribution in [0.2, 0.25) is 30.3 Å². The molecule has 1 aliphatic rings. The number of aromatic carboxylic acids is 1. The van der Waals surface area contributed by atoms with Crippen molar-refractivity contribution in [3.05, 3.63) is 168 Å². The van der Waals surface area contributed by atoms with Gasteiger partial charge in [-0.05, 0) is 181 Å². The van der Waals surface area contributed by atoms with Gasteiger partial charge in [-0.1, -0.05) is 101 Å². The Morgan fingerprint density at radius 3 is 1.35 bits per heavy atom. The van der Waals surface area contributed by atoms with E-state index in [0.29, 0.717) is 153 Å². The first-order chi connectivity index (χ1) is 59.1. The number of hydrogen-bond donors (Lipinski definition) is 2. The summed E-state index contributed by atoms with van der Waals surface area (Å²) in [5, 5.41) is 11.7. The average molecular weight is 2020 g/mol. The summed E-state index contributed by atoms with van der Waals surface area (Å²) in [6.07, 6.45) is 18.3. The van der Waals surface area contributed by atoms with Crippen molar-refractivity contribution in [2.24, 2.45) is 4.30 Å². The fourth-order valence-corrected chi connectivity index (χ4v) is 10.7. The Labute approximate surface area is 805 Å². The summed E-state index contributed by atoms with van der Waals surface area (Å²) < 4.78 is 65.9. The maximum Gasteiger partial charge on any atom is 1.00 e. The summed E-state index contributed by atoms with van der Waals surface area (Å²) >= 11 is 44.5. The molecule has 687 valence electrons. The van der Waals surface area contributed by atoms with E-state index >= 15 is 0 Å². The SMILES string of the molecule is CCOC(=O)C(C(=O)OCC)c1ncccc1Cl.CCOC(=O)Cc1ncccc1Cl.CCOCCC(Br)C=O.CCOCCC(Br)C=O.CCOCCCC(=O)OCC.CCOCCCC=O.CCOCCc1cc(C(=O)O)c2c(Cl)cccn12.CCOCCc1cc(C(=O)OCC)c2c(Cl)cccn12.Clc1cccnc1Cl.O=C1CCCO1.[B]=NS.[H-].[Na+]. The zero-order valence-corrected chi connectivity index (χ0v) is 83.0. The standard InChI is InChI=1S/C15H18ClNO3.C13H14ClNO3.C12H14ClNO4.C9H10ClNO2.C8H16O3.2C6H11BrO2.C6H12O2.C5H3Cl2N.C4H6O2.BHNS.Na.H/c1-3-19-9-7-11-10-12(15(18)20-4-2)14-13(16)6-5-8-17(11)14;1-2-18-7-5-9-8-10(13(16)17)12-11(14)4-3-6-15(9)12;1-3-17-11(15)9(12(16)18-4-2)10-8(13)6-5-7-14-10;1-2-13-9(12)6-8-7(10)4-3-5-11-8;1-3-10-7-5-6-8(9)11-4-2;2*1-2-9-4-3-6(7)5-8;1-2-8-6-4-3-5-7;6-4-2-1-3-8-5(4)7;5-4-2-1-3-6-4;1-2-3;;/h5-6,8,10H,3-4,7,9H2,1-2H3;3-4,6,8H,2,5,7H2,1H3,(H,16,17);5-7,9H,3-4H2,1-2H3;3-5H,2,6H2,1H3;3-7H2,1-2H3;2*5-6H,2-4H2,1H3;5H,2-4,6H2,1H3;1-3H;1-3H2;3H;;/q;;;;;;;;;;;+1;-1. The monoisotopic (exact) mass is 2010 g/mol. The van der Waals surface area contributed by atoms with Crippen LogP contribution < -0.4 is 29.6 Å². The summed E-state index contributed by atoms with van der Waals surface area (Å²) in [5.41, 5.74) is 4.55. The Hall–Kier alpha value is -6.06. The van der Waals surface area contributed by atoms with Crippen LogP contribution in [0.5, 0.6) is 0 Å². The van der Waals surface area contributed by atoms with Gasteiger partial charge < -0.3 is 86.6 Å². The molecule has 1 N–H and O–H groups in total. The van der Waals surface area contributed by atoms with Crippen molar-refractivity contribution in [3.8, 4) is 0 Å². The van der Waals surface area contributed by atoms with Gasteiger partial charge in [0.25, 0.3) is 0 Å². The molecule has 8 heterocycles. The molecule has 0 aromatic carbocycles. The Balaban J connectivity index is -0.000000433. The smallest absolute Gasteiger partial charge is 1.00 e. The summed E-state index contributed by atoms with van der Waals surface area (Å²) in [6.45, 7) is 30.5. The topological polar surface area (TPSA) is 362 Å². The summed E-state index contributed by atoms with van der Waals surface area (Å²) in [7, 11) is 4.34. The first-order valence-corrected chi connectivity index (χ1v) is 44.0. The molecule has 40 heteroatoms. The molecule has 124 heavy (non-hydrogen) atoms. The molecule has 2 unspecified atom stereocenters. The van der Waals surface area contributed by atoms with Gasteiger partial charge in [-0.2, -0.15) is 0 Å². The summed E-state index contributed by atoms with van der Waals surface area (Å²) in [5.74, 6) is -4.46. The van der Waals surface area contributed by atoms with Crippen LogP contribution in [-0.2, 0) is 114 Å². The van der Waals surface area contributed by atoms with E-state index in [1.807, 2.05) is 74.9 Å². The van der Waals surface area contributed by atoms with Gasteiger partial charge in [-0.15, -0.1) is 0 Å². The van der Waals surface area contributed by atoms with Gasteiger partial charge in [0, 0.05) is 141 Å². The van der Waals surface area contributed by atoms with Crippen molar-refractivity contribution in [1.29, 1.82) is 0 Å². The number of aromatic nitrogens is 5. The predicted molar refractivity (Wildman–Crippen MR) is 490 cm³/mol. The van der Waals surface area contributed by atoms with Gasteiger partial charge in [-0.3, -0.25) is 33.9 Å². The summed E-state index contributed by atoms with van der Waals surface area (Å²) in [4.78, 5) is 120. The molecule has 1 fully saturated rings. The molecule has 1 aliphatic heterocycles. The zero-order valence-electron chi connectivity index (χ0n) is 73.4. The molecule has 7 aromatic rings. The molecule has 1 radical (unpaired) electrons. The van der Waals surface area contributed by atoms with Crippen LogP contribution in [0.3, 0.4) is 0 Å². The number of esters is 6. The number of halogens is 8. The number of nitrogens with zero attached hydrogens (tertiary/aromatic N) is 6. The number of hydrogen-bond acceptors (Lipinski definition) is 27. The maximum atomic E-state index is 12.0. The second-order valence-electron chi connectivity index (χ2n) is 23.5. The van der Waals surface area contributed by atoms with E-state index in [1.54, 1.807) is 108 Å². The first kappa shape index (κ1) is 124. The molecule has 2 atom stereocenters. The van der Waals surface area contributed by atoms with Crippen LogP contribution in [0.25, 0.3) is 11.0 Å². The molecule has 1 saturated heterocycles. The fraction of sp³-hybridized carbons (Fsp3) is 0.512. The number of pyridine rings is 5. The molecule has 0 spiro atoms. The number of carboxylic acids is 1. The number of carbonyl (C=O) groups is 10. The van der Waals surface area contributed by atoms with Gasteiger partial charge in [0.15, 0.2) is 5.92 Å². The minimum absolute atomic E-state index is 0. The van der Waals surface area contributed by atoms with Crippen molar-refractivity contribution >= 4 is 194 Å². The van der Waals surface area contributed by atoms with Gasteiger partial charge >= 0.3 is 96.1 Å². The van der Waals surface area contributed by atoms with E-state index in [2.05, 4.69) is 76.3 Å². The van der Waals surface area contributed by atoms with Crippen LogP contribution in [0, 0.1) is 0 Å². The number of unbranched alkanes of at least 4 members (excludes halogenated alkanes) is 1. The van der Waals surface area contributed by atoms with E-state index < -0.39 is 23.8 Å². The number of alkyl halides is 2. The molecule has 8 rings (SSSR count). The number of aldehydes is 3. The first-order valence-electron chi connectivity index (χ1n) is 39.5. The normalized spacial score (nSPS) is 10.9. The Morgan fingerprint density at radius 2 is 0.960 bits per heavy atom. The van der Waals surface area contributed by atoms with Crippen molar-refractivity contribution in [2.75, 3.05) is 119 Å². The predicted octanol–water partition coefficient (Wildman–Crippen LogP) is 15.1. The van der Waals surface area contributed by atoms with Gasteiger partial charge in [-0.25, -0.2) is 14.6 Å². The largest absolute Gasteiger partial charge is 1.00 e. The van der Waals surface area contributed by atoms with Crippen LogP contribution in [0.15, 0.2) is 108 Å². The van der Waals surface area contributed by atoms with Crippen LogP contribution in [0.4, 0.5) is 0 Å².